The Morgan fingerprint density at radius 1 is 1.08 bits per heavy atom. The first kappa shape index (κ1) is 28.9. The van der Waals surface area contributed by atoms with Crippen LogP contribution >= 0.6 is 11.6 Å². The number of halogens is 1. The Morgan fingerprint density at radius 3 is 2.22 bits per heavy atom. The lowest BCUT2D eigenvalue weighted by molar-refractivity contribution is 0.0178. The lowest BCUT2D eigenvalue weighted by Crippen LogP contribution is -2.56. The van der Waals surface area contributed by atoms with E-state index in [0.29, 0.717) is 18.1 Å². The van der Waals surface area contributed by atoms with Crippen molar-refractivity contribution in [2.75, 3.05) is 19.3 Å². The third-order valence-corrected chi connectivity index (χ3v) is 7.63. The summed E-state index contributed by atoms with van der Waals surface area (Å²) in [5.41, 5.74) is 2.22. The number of carboxylic acid groups (broad SMARTS) is 1. The van der Waals surface area contributed by atoms with Crippen molar-refractivity contribution < 1.29 is 23.1 Å². The van der Waals surface area contributed by atoms with Crippen molar-refractivity contribution in [2.45, 2.75) is 58.7 Å². The molecule has 2 aromatic rings. The highest BCUT2D eigenvalue weighted by molar-refractivity contribution is 7.89. The fraction of sp³-hybridized carbons (Fsp3) is 0.481. The maximum atomic E-state index is 12.2. The van der Waals surface area contributed by atoms with Crippen molar-refractivity contribution in [3.05, 3.63) is 70.2 Å². The van der Waals surface area contributed by atoms with Crippen LogP contribution < -0.4 is 4.72 Å². The second kappa shape index (κ2) is 11.8. The third-order valence-electron chi connectivity index (χ3n) is 6.82. The Labute approximate surface area is 224 Å². The Bertz CT molecular complexity index is 1190. The van der Waals surface area contributed by atoms with Crippen molar-refractivity contribution in [3.8, 4) is 0 Å². The number of carbonyl (C=O) groups is 2. The molecule has 37 heavy (non-hydrogen) atoms. The molecule has 2 atom stereocenters. The van der Waals surface area contributed by atoms with Crippen molar-refractivity contribution in [1.29, 1.82) is 0 Å². The van der Waals surface area contributed by atoms with Crippen LogP contribution in [0.2, 0.25) is 5.02 Å². The molecule has 1 aliphatic rings. The predicted molar refractivity (Wildman–Crippen MR) is 145 cm³/mol. The van der Waals surface area contributed by atoms with Crippen LogP contribution in [0.25, 0.3) is 0 Å². The van der Waals surface area contributed by atoms with Crippen LogP contribution in [-0.4, -0.2) is 66.8 Å². The van der Waals surface area contributed by atoms with E-state index in [1.807, 2.05) is 41.1 Å². The molecule has 0 bridgehead atoms. The highest BCUT2D eigenvalue weighted by Gasteiger charge is 2.40. The Kier molecular flexibility index (Phi) is 9.26. The number of nitrogens with zero attached hydrogens (tertiary/aromatic N) is 2. The van der Waals surface area contributed by atoms with Gasteiger partial charge in [-0.2, -0.15) is 0 Å². The van der Waals surface area contributed by atoms with Crippen LogP contribution in [0.1, 0.15) is 55.1 Å². The van der Waals surface area contributed by atoms with E-state index >= 15 is 0 Å². The van der Waals surface area contributed by atoms with Gasteiger partial charge in [0.2, 0.25) is 10.0 Å². The Morgan fingerprint density at radius 2 is 1.68 bits per heavy atom. The lowest BCUT2D eigenvalue weighted by atomic mass is 9.78. The molecule has 1 fully saturated rings. The van der Waals surface area contributed by atoms with Gasteiger partial charge < -0.3 is 10.0 Å². The topological polar surface area (TPSA) is 107 Å². The molecule has 1 heterocycles. The summed E-state index contributed by atoms with van der Waals surface area (Å²) in [5.74, 6) is -0.664. The van der Waals surface area contributed by atoms with Crippen molar-refractivity contribution in [2.24, 2.45) is 5.41 Å². The van der Waals surface area contributed by atoms with Gasteiger partial charge in [-0.05, 0) is 60.1 Å². The number of likely N-dealkylation sites (tertiary alicyclic amines) is 1. The van der Waals surface area contributed by atoms with Crippen LogP contribution in [0.5, 0.6) is 0 Å². The van der Waals surface area contributed by atoms with Crippen LogP contribution in [0, 0.1) is 5.41 Å². The summed E-state index contributed by atoms with van der Waals surface area (Å²) in [4.78, 5) is 28.1. The molecule has 0 spiro atoms. The molecule has 1 aliphatic heterocycles. The maximum Gasteiger partial charge on any atom is 0.407 e. The molecule has 2 aromatic carbocycles. The molecular formula is C27H36ClN3O5S. The number of carbonyl (C=O) groups excluding carboxylic acids is 1. The van der Waals surface area contributed by atoms with E-state index in [9.17, 15) is 23.1 Å². The highest BCUT2D eigenvalue weighted by Crippen LogP contribution is 2.34. The summed E-state index contributed by atoms with van der Waals surface area (Å²) in [6.07, 6.45) is 2.33. The van der Waals surface area contributed by atoms with Gasteiger partial charge in [0, 0.05) is 42.3 Å². The van der Waals surface area contributed by atoms with Crippen LogP contribution in [0.4, 0.5) is 4.79 Å². The van der Waals surface area contributed by atoms with Crippen molar-refractivity contribution >= 4 is 33.6 Å². The predicted octanol–water partition coefficient (Wildman–Crippen LogP) is 4.63. The van der Waals surface area contributed by atoms with E-state index in [-0.39, 0.29) is 23.1 Å². The number of piperidine rings is 1. The fourth-order valence-electron chi connectivity index (χ4n) is 4.87. The first-order valence-corrected chi connectivity index (χ1v) is 14.6. The quantitative estimate of drug-likeness (QED) is 0.497. The summed E-state index contributed by atoms with van der Waals surface area (Å²) in [6.45, 7) is 8.10. The minimum atomic E-state index is -3.64. The van der Waals surface area contributed by atoms with Crippen molar-refractivity contribution in [1.82, 2.24) is 14.5 Å². The second-order valence-electron chi connectivity index (χ2n) is 10.8. The maximum absolute atomic E-state index is 12.2. The Hall–Kier alpha value is -2.62. The smallest absolute Gasteiger partial charge is 0.407 e. The number of rotatable bonds is 8. The van der Waals surface area contributed by atoms with Gasteiger partial charge in [0.25, 0.3) is 5.91 Å². The second-order valence-corrected chi connectivity index (χ2v) is 13.0. The molecular weight excluding hydrogens is 514 g/mol. The molecule has 2 N–H and O–H groups in total. The summed E-state index contributed by atoms with van der Waals surface area (Å²) in [7, 11) is -3.64. The Balaban J connectivity index is 1.80. The van der Waals surface area contributed by atoms with E-state index in [2.05, 4.69) is 25.7 Å². The van der Waals surface area contributed by atoms with Crippen LogP contribution in [0.15, 0.2) is 48.5 Å². The number of benzene rings is 2. The molecule has 0 saturated carbocycles. The minimum absolute atomic E-state index is 0.108. The van der Waals surface area contributed by atoms with E-state index in [0.717, 1.165) is 43.2 Å². The SMILES string of the molecule is CC(C)(C)C1CC(N(CCc2ccc(Cl)cc2)Cc2ccc(C(=O)NS(C)(=O)=O)cc2)CCN1C(=O)O. The van der Waals surface area contributed by atoms with Crippen LogP contribution in [0.3, 0.4) is 0 Å². The summed E-state index contributed by atoms with van der Waals surface area (Å²) in [5, 5.41) is 10.5. The van der Waals surface area contributed by atoms with E-state index < -0.39 is 22.0 Å². The molecule has 0 radical (unpaired) electrons. The first-order valence-electron chi connectivity index (χ1n) is 12.3. The number of hydrogen-bond acceptors (Lipinski definition) is 5. The number of hydrogen-bond donors (Lipinski definition) is 2. The molecule has 1 saturated heterocycles. The molecule has 10 heteroatoms. The molecule has 0 aliphatic carbocycles. The van der Waals surface area contributed by atoms with Crippen LogP contribution in [-0.2, 0) is 23.0 Å². The summed E-state index contributed by atoms with van der Waals surface area (Å²) in [6, 6.07) is 14.8. The first-order chi connectivity index (χ1) is 17.2. The third kappa shape index (κ3) is 8.45. The zero-order valence-corrected chi connectivity index (χ0v) is 23.3. The standard InChI is InChI=1S/C27H36ClN3O5S/c1-27(2,3)24-17-23(14-16-31(24)26(33)34)30(15-13-19-7-11-22(28)12-8-19)18-20-5-9-21(10-6-20)25(32)29-37(4,35)36/h5-12,23-24H,13-18H2,1-4H3,(H,29,32)(H,33,34). The average Bonchev–Trinajstić information content (AvgIpc) is 2.81. The molecule has 2 unspecified atom stereocenters. The normalized spacial score (nSPS) is 18.6. The van der Waals surface area contributed by atoms with Gasteiger partial charge in [-0.15, -0.1) is 0 Å². The molecule has 3 rings (SSSR count). The molecule has 0 aromatic heterocycles. The highest BCUT2D eigenvalue weighted by atomic mass is 35.5. The minimum Gasteiger partial charge on any atom is -0.465 e. The zero-order chi connectivity index (χ0) is 27.4. The number of nitrogens with one attached hydrogen (secondary N) is 1. The van der Waals surface area contributed by atoms with Crippen molar-refractivity contribution in [3.63, 3.8) is 0 Å². The van der Waals surface area contributed by atoms with Gasteiger partial charge in [-0.25, -0.2) is 17.9 Å². The molecule has 202 valence electrons. The van der Waals surface area contributed by atoms with Gasteiger partial charge in [0.15, 0.2) is 0 Å². The van der Waals surface area contributed by atoms with E-state index in [1.165, 1.54) is 0 Å². The van der Waals surface area contributed by atoms with Gasteiger partial charge in [0.05, 0.1) is 6.26 Å². The van der Waals surface area contributed by atoms with E-state index in [1.54, 1.807) is 17.0 Å². The van der Waals surface area contributed by atoms with Gasteiger partial charge >= 0.3 is 6.09 Å². The average molecular weight is 550 g/mol. The van der Waals surface area contributed by atoms with E-state index in [4.69, 9.17) is 11.6 Å². The lowest BCUT2D eigenvalue weighted by Gasteiger charge is -2.47. The largest absolute Gasteiger partial charge is 0.465 e. The number of sulfonamides is 1. The molecule has 2 amide bonds. The van der Waals surface area contributed by atoms with Gasteiger partial charge in [-0.3, -0.25) is 9.69 Å². The van der Waals surface area contributed by atoms with Gasteiger partial charge in [-0.1, -0.05) is 56.6 Å². The number of amides is 2. The zero-order valence-electron chi connectivity index (χ0n) is 21.8. The monoisotopic (exact) mass is 549 g/mol. The fourth-order valence-corrected chi connectivity index (χ4v) is 5.45. The summed E-state index contributed by atoms with van der Waals surface area (Å²) >= 11 is 6.05. The van der Waals surface area contributed by atoms with Gasteiger partial charge in [0.1, 0.15) is 0 Å². The molecule has 8 nitrogen and oxygen atoms in total. The summed E-state index contributed by atoms with van der Waals surface area (Å²) < 4.78 is 24.8.